The molecule has 16 heavy (non-hydrogen) atoms. The Bertz CT molecular complexity index is 604. The minimum Gasteiger partial charge on any atom is -0.477 e. The minimum atomic E-state index is -1.41. The van der Waals surface area contributed by atoms with E-state index < -0.39 is 22.1 Å². The Morgan fingerprint density at radius 1 is 1.62 bits per heavy atom. The van der Waals surface area contributed by atoms with Gasteiger partial charge in [0.05, 0.1) is 4.92 Å². The van der Waals surface area contributed by atoms with Gasteiger partial charge >= 0.3 is 11.7 Å². The summed E-state index contributed by atoms with van der Waals surface area (Å²) in [5.74, 6) is -1.57. The van der Waals surface area contributed by atoms with Crippen LogP contribution in [0.2, 0.25) is 0 Å². The fraction of sp³-hybridized carbons (Fsp3) is 0. The van der Waals surface area contributed by atoms with E-state index in [9.17, 15) is 14.9 Å². The van der Waals surface area contributed by atoms with E-state index >= 15 is 0 Å². The standard InChI is InChI=1S/C7H5N5O4/c8-7-9-5-4(12(15)16)3(6(13)14)1-2-11(5)10-7/h1-2H,(H2,8,10)(H,13,14). The molecule has 0 fully saturated rings. The van der Waals surface area contributed by atoms with Crippen LogP contribution in [0.25, 0.3) is 5.65 Å². The van der Waals surface area contributed by atoms with Crippen LogP contribution in [0.4, 0.5) is 11.6 Å². The maximum absolute atomic E-state index is 10.8. The first-order valence-corrected chi connectivity index (χ1v) is 4.03. The summed E-state index contributed by atoms with van der Waals surface area (Å²) in [6.07, 6.45) is 1.25. The molecule has 0 unspecified atom stereocenters. The highest BCUT2D eigenvalue weighted by Gasteiger charge is 2.25. The fourth-order valence-corrected chi connectivity index (χ4v) is 1.30. The number of hydrogen-bond acceptors (Lipinski definition) is 6. The Hall–Kier alpha value is -2.71. The Kier molecular flexibility index (Phi) is 1.94. The average Bonchev–Trinajstić information content (AvgIpc) is 2.55. The lowest BCUT2D eigenvalue weighted by Crippen LogP contribution is -2.05. The molecule has 9 heteroatoms. The van der Waals surface area contributed by atoms with Gasteiger partial charge in [0, 0.05) is 6.20 Å². The molecule has 2 rings (SSSR count). The molecule has 0 atom stereocenters. The molecule has 0 aromatic carbocycles. The number of carboxylic acid groups (broad SMARTS) is 1. The quantitative estimate of drug-likeness (QED) is 0.536. The normalized spacial score (nSPS) is 10.5. The molecule has 3 N–H and O–H groups in total. The summed E-state index contributed by atoms with van der Waals surface area (Å²) in [6.45, 7) is 0. The van der Waals surface area contributed by atoms with E-state index in [0.29, 0.717) is 0 Å². The van der Waals surface area contributed by atoms with Crippen molar-refractivity contribution >= 4 is 23.3 Å². The van der Waals surface area contributed by atoms with Gasteiger partial charge in [-0.05, 0) is 6.07 Å². The molecule has 0 bridgehead atoms. The Morgan fingerprint density at radius 2 is 2.31 bits per heavy atom. The molecule has 0 aliphatic heterocycles. The van der Waals surface area contributed by atoms with Gasteiger partial charge in [0.1, 0.15) is 5.56 Å². The lowest BCUT2D eigenvalue weighted by molar-refractivity contribution is -0.383. The molecule has 0 radical (unpaired) electrons. The molecule has 82 valence electrons. The van der Waals surface area contributed by atoms with Crippen molar-refractivity contribution in [2.24, 2.45) is 0 Å². The van der Waals surface area contributed by atoms with Crippen molar-refractivity contribution < 1.29 is 14.8 Å². The second-order valence-corrected chi connectivity index (χ2v) is 2.88. The summed E-state index contributed by atoms with van der Waals surface area (Å²) >= 11 is 0. The zero-order valence-corrected chi connectivity index (χ0v) is 7.69. The molecular formula is C7H5N5O4. The lowest BCUT2D eigenvalue weighted by Gasteiger charge is -1.98. The molecule has 0 amide bonds. The number of nitro groups is 1. The fourth-order valence-electron chi connectivity index (χ4n) is 1.30. The number of rotatable bonds is 2. The first-order chi connectivity index (χ1) is 7.50. The summed E-state index contributed by atoms with van der Waals surface area (Å²) in [5, 5.41) is 23.2. The van der Waals surface area contributed by atoms with Crippen LogP contribution in [0.15, 0.2) is 12.3 Å². The van der Waals surface area contributed by atoms with Crippen molar-refractivity contribution in [3.05, 3.63) is 27.9 Å². The highest BCUT2D eigenvalue weighted by Crippen LogP contribution is 2.23. The number of aromatic nitrogens is 3. The summed E-state index contributed by atoms with van der Waals surface area (Å²) in [4.78, 5) is 24.3. The topological polar surface area (TPSA) is 137 Å². The SMILES string of the molecule is Nc1nc2c([N+](=O)[O-])c(C(=O)O)ccn2n1. The van der Waals surface area contributed by atoms with Crippen LogP contribution in [0.3, 0.4) is 0 Å². The number of anilines is 1. The molecule has 2 heterocycles. The van der Waals surface area contributed by atoms with Crippen LogP contribution in [-0.4, -0.2) is 30.6 Å². The smallest absolute Gasteiger partial charge is 0.342 e. The van der Waals surface area contributed by atoms with Crippen molar-refractivity contribution in [2.45, 2.75) is 0 Å². The van der Waals surface area contributed by atoms with Crippen LogP contribution < -0.4 is 5.73 Å². The monoisotopic (exact) mass is 223 g/mol. The number of carbonyl (C=O) groups is 1. The van der Waals surface area contributed by atoms with Gasteiger partial charge in [0.15, 0.2) is 0 Å². The third kappa shape index (κ3) is 1.30. The zero-order chi connectivity index (χ0) is 11.9. The second kappa shape index (κ2) is 3.15. The largest absolute Gasteiger partial charge is 0.477 e. The number of pyridine rings is 1. The van der Waals surface area contributed by atoms with Gasteiger partial charge in [-0.1, -0.05) is 0 Å². The maximum atomic E-state index is 10.8. The van der Waals surface area contributed by atoms with E-state index in [-0.39, 0.29) is 11.6 Å². The number of aromatic carboxylic acids is 1. The van der Waals surface area contributed by atoms with Crippen LogP contribution in [-0.2, 0) is 0 Å². The zero-order valence-electron chi connectivity index (χ0n) is 7.69. The first kappa shape index (κ1) is 9.83. The summed E-state index contributed by atoms with van der Waals surface area (Å²) in [5.41, 5.74) is 4.00. The van der Waals surface area contributed by atoms with E-state index in [2.05, 4.69) is 10.1 Å². The number of carboxylic acids is 1. The van der Waals surface area contributed by atoms with Crippen molar-refractivity contribution in [3.8, 4) is 0 Å². The van der Waals surface area contributed by atoms with E-state index in [1.165, 1.54) is 6.20 Å². The van der Waals surface area contributed by atoms with Crippen LogP contribution in [0.5, 0.6) is 0 Å². The van der Waals surface area contributed by atoms with Gasteiger partial charge < -0.3 is 10.8 Å². The Labute approximate surface area is 87.3 Å². The van der Waals surface area contributed by atoms with E-state index in [4.69, 9.17) is 10.8 Å². The summed E-state index contributed by atoms with van der Waals surface area (Å²) in [6, 6.07) is 1.07. The van der Waals surface area contributed by atoms with Gasteiger partial charge in [-0.2, -0.15) is 4.98 Å². The number of nitrogens with zero attached hydrogens (tertiary/aromatic N) is 4. The van der Waals surface area contributed by atoms with Gasteiger partial charge in [0.2, 0.25) is 11.6 Å². The molecule has 9 nitrogen and oxygen atoms in total. The van der Waals surface area contributed by atoms with Gasteiger partial charge in [0.25, 0.3) is 0 Å². The predicted molar refractivity (Wildman–Crippen MR) is 51.0 cm³/mol. The molecular weight excluding hydrogens is 218 g/mol. The number of fused-ring (bicyclic) bond motifs is 1. The highest BCUT2D eigenvalue weighted by atomic mass is 16.6. The van der Waals surface area contributed by atoms with E-state index in [1.54, 1.807) is 0 Å². The molecule has 0 saturated heterocycles. The van der Waals surface area contributed by atoms with Crippen molar-refractivity contribution in [2.75, 3.05) is 5.73 Å². The molecule has 0 spiro atoms. The van der Waals surface area contributed by atoms with Crippen LogP contribution >= 0.6 is 0 Å². The number of hydrogen-bond donors (Lipinski definition) is 2. The highest BCUT2D eigenvalue weighted by molar-refractivity contribution is 5.95. The first-order valence-electron chi connectivity index (χ1n) is 4.03. The van der Waals surface area contributed by atoms with Crippen molar-refractivity contribution in [1.29, 1.82) is 0 Å². The van der Waals surface area contributed by atoms with Crippen molar-refractivity contribution in [1.82, 2.24) is 14.6 Å². The van der Waals surface area contributed by atoms with Gasteiger partial charge in [-0.15, -0.1) is 5.10 Å². The van der Waals surface area contributed by atoms with Crippen LogP contribution in [0, 0.1) is 10.1 Å². The molecule has 2 aromatic heterocycles. The third-order valence-corrected chi connectivity index (χ3v) is 1.91. The average molecular weight is 223 g/mol. The van der Waals surface area contributed by atoms with E-state index in [0.717, 1.165) is 10.6 Å². The molecule has 0 aliphatic carbocycles. The van der Waals surface area contributed by atoms with Crippen LogP contribution in [0.1, 0.15) is 10.4 Å². The Morgan fingerprint density at radius 3 is 2.88 bits per heavy atom. The predicted octanol–water partition coefficient (Wildman–Crippen LogP) is -0.0821. The summed E-state index contributed by atoms with van der Waals surface area (Å²) < 4.78 is 1.06. The third-order valence-electron chi connectivity index (χ3n) is 1.91. The molecule has 0 saturated carbocycles. The van der Waals surface area contributed by atoms with E-state index in [1.807, 2.05) is 0 Å². The lowest BCUT2D eigenvalue weighted by atomic mass is 10.2. The molecule has 0 aliphatic rings. The van der Waals surface area contributed by atoms with Gasteiger partial charge in [-0.25, -0.2) is 9.31 Å². The summed E-state index contributed by atoms with van der Waals surface area (Å²) in [7, 11) is 0. The van der Waals surface area contributed by atoms with Gasteiger partial charge in [-0.3, -0.25) is 10.1 Å². The Balaban J connectivity index is 2.88. The number of nitrogen functional groups attached to an aromatic ring is 1. The number of nitrogens with two attached hydrogens (primary N) is 1. The minimum absolute atomic E-state index is 0.161. The maximum Gasteiger partial charge on any atom is 0.342 e. The second-order valence-electron chi connectivity index (χ2n) is 2.88. The van der Waals surface area contributed by atoms with Crippen molar-refractivity contribution in [3.63, 3.8) is 0 Å². The molecule has 2 aromatic rings.